The molecule has 0 heterocycles. The molecule has 0 aliphatic rings. The van der Waals surface area contributed by atoms with E-state index in [0.717, 1.165) is 0 Å². The first-order chi connectivity index (χ1) is 14.2. The summed E-state index contributed by atoms with van der Waals surface area (Å²) >= 11 is 6.10. The molecule has 0 saturated carbocycles. The van der Waals surface area contributed by atoms with E-state index in [1.807, 2.05) is 0 Å². The van der Waals surface area contributed by atoms with Crippen molar-refractivity contribution >= 4 is 29.3 Å². The Morgan fingerprint density at radius 3 is 2.37 bits per heavy atom. The highest BCUT2D eigenvalue weighted by molar-refractivity contribution is 6.32. The Kier molecular flexibility index (Phi) is 8.17. The number of benzene rings is 2. The average molecular weight is 436 g/mol. The molecule has 30 heavy (non-hydrogen) atoms. The van der Waals surface area contributed by atoms with Gasteiger partial charge in [0.1, 0.15) is 23.7 Å². The third-order valence-corrected chi connectivity index (χ3v) is 4.69. The maximum atomic E-state index is 14.0. The van der Waals surface area contributed by atoms with Crippen LogP contribution in [0.3, 0.4) is 0 Å². The van der Waals surface area contributed by atoms with E-state index < -0.39 is 35.6 Å². The van der Waals surface area contributed by atoms with Crippen LogP contribution in [0.1, 0.15) is 18.1 Å². The molecule has 2 aromatic rings. The van der Waals surface area contributed by atoms with Crippen LogP contribution in [0.15, 0.2) is 42.5 Å². The van der Waals surface area contributed by atoms with Gasteiger partial charge in [0.15, 0.2) is 0 Å². The first-order valence-electron chi connectivity index (χ1n) is 9.14. The lowest BCUT2D eigenvalue weighted by molar-refractivity contribution is -0.130. The number of amides is 3. The van der Waals surface area contributed by atoms with Crippen molar-refractivity contribution in [1.82, 2.24) is 10.6 Å². The standard InChI is InChI=1S/C21H23ClFN3O4/c1-12(27)25-18(11-14-5-3-4-6-16(14)23)21(29)26-17(20(24)28)10-13-7-8-19(30-2)15(22)9-13/h3-9,17-18H,10-11H2,1-2H3,(H2,24,28)(H,25,27)(H,26,29)/t17-,18+/m1/s1. The van der Waals surface area contributed by atoms with Gasteiger partial charge in [-0.25, -0.2) is 4.39 Å². The zero-order valence-corrected chi connectivity index (χ0v) is 17.3. The molecule has 7 nitrogen and oxygen atoms in total. The van der Waals surface area contributed by atoms with Crippen LogP contribution in [-0.2, 0) is 27.2 Å². The van der Waals surface area contributed by atoms with E-state index in [1.165, 1.54) is 32.2 Å². The van der Waals surface area contributed by atoms with Crippen LogP contribution >= 0.6 is 11.6 Å². The molecule has 3 amide bonds. The third-order valence-electron chi connectivity index (χ3n) is 4.39. The van der Waals surface area contributed by atoms with Gasteiger partial charge in [-0.15, -0.1) is 0 Å². The van der Waals surface area contributed by atoms with Crippen LogP contribution in [0.2, 0.25) is 5.02 Å². The first kappa shape index (κ1) is 23.2. The number of primary amides is 1. The van der Waals surface area contributed by atoms with Crippen LogP contribution in [0.5, 0.6) is 5.75 Å². The normalized spacial score (nSPS) is 12.5. The average Bonchev–Trinajstić information content (AvgIpc) is 2.68. The van der Waals surface area contributed by atoms with E-state index in [4.69, 9.17) is 22.1 Å². The van der Waals surface area contributed by atoms with Crippen molar-refractivity contribution in [2.24, 2.45) is 5.73 Å². The van der Waals surface area contributed by atoms with E-state index in [9.17, 15) is 18.8 Å². The van der Waals surface area contributed by atoms with Gasteiger partial charge in [-0.3, -0.25) is 14.4 Å². The number of hydrogen-bond donors (Lipinski definition) is 3. The number of methoxy groups -OCH3 is 1. The van der Waals surface area contributed by atoms with E-state index in [1.54, 1.807) is 24.3 Å². The number of ether oxygens (including phenoxy) is 1. The maximum absolute atomic E-state index is 14.0. The minimum atomic E-state index is -1.08. The van der Waals surface area contributed by atoms with Crippen LogP contribution in [0, 0.1) is 5.82 Å². The minimum Gasteiger partial charge on any atom is -0.495 e. The molecule has 0 spiro atoms. The number of carbonyl (C=O) groups is 3. The fourth-order valence-corrected chi connectivity index (χ4v) is 3.19. The molecule has 2 aromatic carbocycles. The molecule has 0 fully saturated rings. The van der Waals surface area contributed by atoms with Crippen molar-refractivity contribution in [2.75, 3.05) is 7.11 Å². The van der Waals surface area contributed by atoms with Gasteiger partial charge in [0, 0.05) is 19.8 Å². The molecule has 2 rings (SSSR count). The lowest BCUT2D eigenvalue weighted by atomic mass is 10.0. The highest BCUT2D eigenvalue weighted by Crippen LogP contribution is 2.25. The Hall–Kier alpha value is -3.13. The second kappa shape index (κ2) is 10.6. The van der Waals surface area contributed by atoms with Crippen molar-refractivity contribution < 1.29 is 23.5 Å². The topological polar surface area (TPSA) is 111 Å². The zero-order valence-electron chi connectivity index (χ0n) is 16.6. The van der Waals surface area contributed by atoms with Crippen LogP contribution < -0.4 is 21.1 Å². The zero-order chi connectivity index (χ0) is 22.3. The summed E-state index contributed by atoms with van der Waals surface area (Å²) in [5, 5.41) is 5.36. The second-order valence-electron chi connectivity index (χ2n) is 6.69. The van der Waals surface area contributed by atoms with Gasteiger partial charge in [-0.1, -0.05) is 35.9 Å². The predicted molar refractivity (Wildman–Crippen MR) is 111 cm³/mol. The maximum Gasteiger partial charge on any atom is 0.243 e. The second-order valence-corrected chi connectivity index (χ2v) is 7.09. The van der Waals surface area contributed by atoms with Gasteiger partial charge < -0.3 is 21.1 Å². The molecular formula is C21H23ClFN3O4. The molecule has 9 heteroatoms. The Balaban J connectivity index is 2.17. The molecule has 2 atom stereocenters. The Morgan fingerprint density at radius 1 is 1.10 bits per heavy atom. The molecule has 160 valence electrons. The van der Waals surface area contributed by atoms with E-state index >= 15 is 0 Å². The summed E-state index contributed by atoms with van der Waals surface area (Å²) in [6.07, 6.45) is -0.00475. The number of halogens is 2. The third kappa shape index (κ3) is 6.45. The molecule has 4 N–H and O–H groups in total. The summed E-state index contributed by atoms with van der Waals surface area (Å²) in [5.74, 6) is -1.92. The van der Waals surface area contributed by atoms with Gasteiger partial charge in [0.05, 0.1) is 12.1 Å². The lowest BCUT2D eigenvalue weighted by Gasteiger charge is -2.22. The van der Waals surface area contributed by atoms with Crippen LogP contribution in [0.25, 0.3) is 0 Å². The fraction of sp³-hybridized carbons (Fsp3) is 0.286. The monoisotopic (exact) mass is 435 g/mol. The Bertz CT molecular complexity index is 938. The highest BCUT2D eigenvalue weighted by Gasteiger charge is 2.26. The summed E-state index contributed by atoms with van der Waals surface area (Å²) in [4.78, 5) is 36.2. The summed E-state index contributed by atoms with van der Waals surface area (Å²) in [5.41, 5.74) is 6.35. The largest absolute Gasteiger partial charge is 0.495 e. The quantitative estimate of drug-likeness (QED) is 0.557. The van der Waals surface area contributed by atoms with Gasteiger partial charge in [-0.2, -0.15) is 0 Å². The Morgan fingerprint density at radius 2 is 1.80 bits per heavy atom. The van der Waals surface area contributed by atoms with Crippen LogP contribution in [0.4, 0.5) is 4.39 Å². The van der Waals surface area contributed by atoms with Crippen LogP contribution in [-0.4, -0.2) is 36.9 Å². The minimum absolute atomic E-state index is 0.0806. The van der Waals surface area contributed by atoms with Gasteiger partial charge >= 0.3 is 0 Å². The van der Waals surface area contributed by atoms with Gasteiger partial charge in [0.25, 0.3) is 0 Å². The number of rotatable bonds is 9. The SMILES string of the molecule is COc1ccc(C[C@@H](NC(=O)[C@H](Cc2ccccc2F)NC(C)=O)C(N)=O)cc1Cl. The number of hydrogen-bond acceptors (Lipinski definition) is 4. The molecule has 0 radical (unpaired) electrons. The molecule has 0 bridgehead atoms. The highest BCUT2D eigenvalue weighted by atomic mass is 35.5. The summed E-state index contributed by atoms with van der Waals surface area (Å²) in [6, 6.07) is 8.72. The summed E-state index contributed by atoms with van der Waals surface area (Å²) in [6.45, 7) is 1.24. The van der Waals surface area contributed by atoms with Crippen molar-refractivity contribution in [3.8, 4) is 5.75 Å². The Labute approximate surface area is 178 Å². The predicted octanol–water partition coefficient (Wildman–Crippen LogP) is 1.75. The first-order valence-corrected chi connectivity index (χ1v) is 9.51. The molecule has 0 aliphatic carbocycles. The van der Waals surface area contributed by atoms with Crippen molar-refractivity contribution in [3.05, 3.63) is 64.4 Å². The van der Waals surface area contributed by atoms with E-state index in [-0.39, 0.29) is 18.4 Å². The number of nitrogens with one attached hydrogen (secondary N) is 2. The number of carbonyl (C=O) groups excluding carboxylic acids is 3. The van der Waals surface area contributed by atoms with Gasteiger partial charge in [-0.05, 0) is 29.3 Å². The van der Waals surface area contributed by atoms with Crippen molar-refractivity contribution in [1.29, 1.82) is 0 Å². The van der Waals surface area contributed by atoms with E-state index in [0.29, 0.717) is 16.3 Å². The number of nitrogens with two attached hydrogens (primary N) is 1. The summed E-state index contributed by atoms with van der Waals surface area (Å²) in [7, 11) is 1.48. The van der Waals surface area contributed by atoms with Crippen molar-refractivity contribution in [2.45, 2.75) is 31.8 Å². The molecule has 0 aliphatic heterocycles. The molecule has 0 unspecified atom stereocenters. The van der Waals surface area contributed by atoms with E-state index in [2.05, 4.69) is 10.6 Å². The smallest absolute Gasteiger partial charge is 0.243 e. The van der Waals surface area contributed by atoms with Crippen molar-refractivity contribution in [3.63, 3.8) is 0 Å². The summed E-state index contributed by atoms with van der Waals surface area (Å²) < 4.78 is 19.1. The molecule has 0 saturated heterocycles. The molecule has 0 aromatic heterocycles. The molecular weight excluding hydrogens is 413 g/mol. The fourth-order valence-electron chi connectivity index (χ4n) is 2.91. The van der Waals surface area contributed by atoms with Gasteiger partial charge in [0.2, 0.25) is 17.7 Å². The lowest BCUT2D eigenvalue weighted by Crippen LogP contribution is -2.54.